The zero-order valence-corrected chi connectivity index (χ0v) is 21.3. The number of pyridine rings is 1. The van der Waals surface area contributed by atoms with Gasteiger partial charge in [-0.3, -0.25) is 14.3 Å². The molecule has 2 aromatic rings. The topological polar surface area (TPSA) is 159 Å². The molecular formula is C26H34FN7O3. The first-order chi connectivity index (χ1) is 17.6. The summed E-state index contributed by atoms with van der Waals surface area (Å²) in [5, 5.41) is 27.1. The van der Waals surface area contributed by atoms with Gasteiger partial charge in [-0.2, -0.15) is 9.49 Å². The van der Waals surface area contributed by atoms with E-state index in [1.54, 1.807) is 19.9 Å². The van der Waals surface area contributed by atoms with Gasteiger partial charge in [-0.1, -0.05) is 0 Å². The number of nitrogens with one attached hydrogen (secondary N) is 3. The first-order valence-corrected chi connectivity index (χ1v) is 12.6. The molecular weight excluding hydrogens is 477 g/mol. The molecule has 10 nitrogen and oxygen atoms in total. The average Bonchev–Trinajstić information content (AvgIpc) is 3.78. The van der Waals surface area contributed by atoms with E-state index in [4.69, 9.17) is 11.1 Å². The monoisotopic (exact) mass is 511 g/mol. The summed E-state index contributed by atoms with van der Waals surface area (Å²) in [6, 6.07) is 3.20. The third kappa shape index (κ3) is 5.87. The lowest BCUT2D eigenvalue weighted by Gasteiger charge is -2.27. The average molecular weight is 512 g/mol. The highest BCUT2D eigenvalue weighted by molar-refractivity contribution is 6.21. The predicted molar refractivity (Wildman–Crippen MR) is 137 cm³/mol. The number of carbonyl (C=O) groups excluding carboxylic acids is 2. The number of halogens is 1. The second-order valence-corrected chi connectivity index (χ2v) is 10.1. The number of aromatic nitrogens is 3. The van der Waals surface area contributed by atoms with Crippen molar-refractivity contribution in [3.05, 3.63) is 47.3 Å². The Bertz CT molecular complexity index is 1220. The second-order valence-electron chi connectivity index (χ2n) is 10.1. The lowest BCUT2D eigenvalue weighted by molar-refractivity contribution is -0.119. The van der Waals surface area contributed by atoms with Gasteiger partial charge in [0.2, 0.25) is 11.9 Å². The first kappa shape index (κ1) is 26.5. The van der Waals surface area contributed by atoms with Crippen LogP contribution >= 0.6 is 0 Å². The van der Waals surface area contributed by atoms with Crippen molar-refractivity contribution in [3.63, 3.8) is 0 Å². The zero-order chi connectivity index (χ0) is 26.9. The normalized spacial score (nSPS) is 17.7. The molecule has 0 aromatic carbocycles. The number of nitrogens with zero attached hydrogens (tertiary/aromatic N) is 3. The molecule has 2 fully saturated rings. The number of amides is 2. The van der Waals surface area contributed by atoms with Crippen LogP contribution in [0.2, 0.25) is 0 Å². The number of hydrogen-bond acceptors (Lipinski definition) is 7. The number of nitrogens with two attached hydrogens (primary N) is 1. The van der Waals surface area contributed by atoms with Crippen molar-refractivity contribution < 1.29 is 19.1 Å². The van der Waals surface area contributed by atoms with Gasteiger partial charge >= 0.3 is 0 Å². The summed E-state index contributed by atoms with van der Waals surface area (Å²) in [4.78, 5) is 30.7. The molecule has 2 aromatic heterocycles. The van der Waals surface area contributed by atoms with E-state index in [9.17, 15) is 19.1 Å². The van der Waals surface area contributed by atoms with Crippen LogP contribution in [0.15, 0.2) is 30.1 Å². The fourth-order valence-corrected chi connectivity index (χ4v) is 4.97. The van der Waals surface area contributed by atoms with Gasteiger partial charge in [-0.25, -0.2) is 4.98 Å². The number of hydrogen-bond donors (Lipinski definition) is 5. The summed E-state index contributed by atoms with van der Waals surface area (Å²) in [5.74, 6) is -1.13. The Hall–Kier alpha value is -3.60. The van der Waals surface area contributed by atoms with Crippen LogP contribution in [-0.2, 0) is 4.79 Å². The Balaban J connectivity index is 1.58. The first-order valence-electron chi connectivity index (χ1n) is 12.6. The molecule has 1 unspecified atom stereocenters. The molecule has 6 N–H and O–H groups in total. The van der Waals surface area contributed by atoms with Crippen LogP contribution in [0.5, 0.6) is 0 Å². The standard InChI is InChI=1S/C26H34FN7O3/c1-13(12-35)34-19(10-11-30-34)25(36)33-23(22(16-4-5-16)17-6-7-17)26(37)32-20-9-8-18(24(27)31-20)21(14(2)28)15(3)29/h8-11,13,16-17,22-23,28,35H,4-7,12,29H2,1-3H3,(H,33,36)(H,31,32,37)/b21-15+,28-14?/t13?,23-/m0/s1. The van der Waals surface area contributed by atoms with E-state index in [0.717, 1.165) is 25.7 Å². The Morgan fingerprint density at radius 2 is 1.86 bits per heavy atom. The van der Waals surface area contributed by atoms with Crippen molar-refractivity contribution in [3.8, 4) is 0 Å². The minimum Gasteiger partial charge on any atom is -0.402 e. The Kier molecular flexibility index (Phi) is 7.72. The number of aliphatic hydroxyl groups excluding tert-OH is 1. The molecule has 4 rings (SSSR count). The molecule has 0 aliphatic heterocycles. The largest absolute Gasteiger partial charge is 0.402 e. The lowest BCUT2D eigenvalue weighted by Crippen LogP contribution is -2.50. The Morgan fingerprint density at radius 1 is 1.22 bits per heavy atom. The van der Waals surface area contributed by atoms with Gasteiger partial charge in [0, 0.05) is 28.7 Å². The van der Waals surface area contributed by atoms with E-state index in [1.165, 1.54) is 29.9 Å². The van der Waals surface area contributed by atoms with E-state index in [-0.39, 0.29) is 40.9 Å². The van der Waals surface area contributed by atoms with Crippen LogP contribution in [0.4, 0.5) is 10.2 Å². The van der Waals surface area contributed by atoms with E-state index in [1.807, 2.05) is 0 Å². The summed E-state index contributed by atoms with van der Waals surface area (Å²) >= 11 is 0. The molecule has 37 heavy (non-hydrogen) atoms. The quantitative estimate of drug-likeness (QED) is 0.230. The van der Waals surface area contributed by atoms with Crippen molar-refractivity contribution in [2.75, 3.05) is 11.9 Å². The third-order valence-corrected chi connectivity index (χ3v) is 7.01. The maximum Gasteiger partial charge on any atom is 0.270 e. The summed E-state index contributed by atoms with van der Waals surface area (Å²) in [6.07, 6.45) is 5.47. The number of anilines is 1. The van der Waals surface area contributed by atoms with Crippen LogP contribution in [0.25, 0.3) is 5.57 Å². The van der Waals surface area contributed by atoms with Crippen molar-refractivity contribution >= 4 is 28.9 Å². The molecule has 2 amide bonds. The molecule has 2 aliphatic rings. The highest BCUT2D eigenvalue weighted by Gasteiger charge is 2.48. The highest BCUT2D eigenvalue weighted by Crippen LogP contribution is 2.51. The highest BCUT2D eigenvalue weighted by atomic mass is 19.1. The summed E-state index contributed by atoms with van der Waals surface area (Å²) < 4.78 is 16.3. The molecule has 2 heterocycles. The fraction of sp³-hybridized carbons (Fsp3) is 0.500. The van der Waals surface area contributed by atoms with Crippen molar-refractivity contribution in [2.24, 2.45) is 23.5 Å². The van der Waals surface area contributed by atoms with E-state index in [0.29, 0.717) is 17.5 Å². The van der Waals surface area contributed by atoms with Crippen molar-refractivity contribution in [1.82, 2.24) is 20.1 Å². The SMILES string of the molecule is CC(=N)/C(=C(/C)N)c1ccc(NC(=O)[C@@H](NC(=O)c2ccnn2C(C)CO)C(C2CC2)C2CC2)nc1F. The third-order valence-electron chi connectivity index (χ3n) is 7.01. The minimum absolute atomic E-state index is 0.00597. The van der Waals surface area contributed by atoms with E-state index < -0.39 is 29.8 Å². The maximum atomic E-state index is 14.9. The number of rotatable bonds is 11. The van der Waals surface area contributed by atoms with Gasteiger partial charge in [0.05, 0.1) is 12.6 Å². The van der Waals surface area contributed by atoms with Crippen molar-refractivity contribution in [1.29, 1.82) is 5.41 Å². The zero-order valence-electron chi connectivity index (χ0n) is 21.3. The summed E-state index contributed by atoms with van der Waals surface area (Å²) in [7, 11) is 0. The van der Waals surface area contributed by atoms with Gasteiger partial charge in [0.15, 0.2) is 0 Å². The van der Waals surface area contributed by atoms with Crippen LogP contribution in [0.3, 0.4) is 0 Å². The molecule has 0 spiro atoms. The maximum absolute atomic E-state index is 14.9. The number of aliphatic hydroxyl groups is 1. The Morgan fingerprint density at radius 3 is 2.38 bits per heavy atom. The van der Waals surface area contributed by atoms with Crippen LogP contribution in [0.1, 0.15) is 68.5 Å². The molecule has 2 aliphatic carbocycles. The lowest BCUT2D eigenvalue weighted by atomic mass is 9.88. The van der Waals surface area contributed by atoms with Crippen molar-refractivity contribution in [2.45, 2.75) is 58.5 Å². The molecule has 11 heteroatoms. The van der Waals surface area contributed by atoms with Gasteiger partial charge in [-0.05, 0) is 82.4 Å². The molecule has 2 atom stereocenters. The number of allylic oxidation sites excluding steroid dienone is 2. The van der Waals surface area contributed by atoms with E-state index in [2.05, 4.69) is 20.7 Å². The minimum atomic E-state index is -0.854. The van der Waals surface area contributed by atoms with E-state index >= 15 is 0 Å². The predicted octanol–water partition coefficient (Wildman–Crippen LogP) is 2.87. The smallest absolute Gasteiger partial charge is 0.270 e. The fourth-order valence-electron chi connectivity index (χ4n) is 4.97. The molecule has 2 saturated carbocycles. The molecule has 0 radical (unpaired) electrons. The van der Waals surface area contributed by atoms with Gasteiger partial charge < -0.3 is 26.9 Å². The second kappa shape index (κ2) is 10.8. The summed E-state index contributed by atoms with van der Waals surface area (Å²) in [5.41, 5.74) is 6.81. The van der Waals surface area contributed by atoms with Gasteiger partial charge in [-0.15, -0.1) is 0 Å². The van der Waals surface area contributed by atoms with Crippen LogP contribution in [0, 0.1) is 29.1 Å². The van der Waals surface area contributed by atoms with Gasteiger partial charge in [0.25, 0.3) is 5.91 Å². The number of carbonyl (C=O) groups is 2. The summed E-state index contributed by atoms with van der Waals surface area (Å²) in [6.45, 7) is 4.64. The molecule has 0 saturated heterocycles. The van der Waals surface area contributed by atoms with Gasteiger partial charge in [0.1, 0.15) is 17.6 Å². The molecule has 198 valence electrons. The Labute approximate surface area is 215 Å². The molecule has 0 bridgehead atoms. The van der Waals surface area contributed by atoms with Crippen LogP contribution in [-0.4, -0.2) is 50.0 Å². The van der Waals surface area contributed by atoms with Crippen LogP contribution < -0.4 is 16.4 Å².